The van der Waals surface area contributed by atoms with Crippen molar-refractivity contribution in [3.63, 3.8) is 0 Å². The van der Waals surface area contributed by atoms with Crippen molar-refractivity contribution in [2.75, 3.05) is 13.2 Å². The second-order valence-corrected chi connectivity index (χ2v) is 2.31. The molecule has 0 radical (unpaired) electrons. The molecule has 54 valence electrons. The molecule has 1 aliphatic heterocycles. The van der Waals surface area contributed by atoms with Crippen molar-refractivity contribution in [3.8, 4) is 0 Å². The van der Waals surface area contributed by atoms with Crippen molar-refractivity contribution in [2.24, 2.45) is 0 Å². The number of hydrogen-bond acceptors (Lipinski definition) is 2. The van der Waals surface area contributed by atoms with Crippen molar-refractivity contribution in [2.45, 2.75) is 32.5 Å². The third kappa shape index (κ3) is 2.33. The van der Waals surface area contributed by atoms with Gasteiger partial charge < -0.3 is 9.47 Å². The molecule has 1 rings (SSSR count). The van der Waals surface area contributed by atoms with Gasteiger partial charge in [-0.2, -0.15) is 0 Å². The van der Waals surface area contributed by atoms with Crippen LogP contribution in [-0.4, -0.2) is 19.5 Å². The highest BCUT2D eigenvalue weighted by Crippen LogP contribution is 2.09. The molecule has 0 amide bonds. The zero-order valence-electron chi connectivity index (χ0n) is 5.93. The molecule has 1 aliphatic rings. The highest BCUT2D eigenvalue weighted by atomic mass is 16.7. The average molecular weight is 130 g/mol. The standard InChI is InChI=1S/C7H14O2/c1-2-4-7-8-5-3-6-9-7/h7H,2-6H2,1H3. The van der Waals surface area contributed by atoms with E-state index in [2.05, 4.69) is 6.92 Å². The summed E-state index contributed by atoms with van der Waals surface area (Å²) in [7, 11) is 0. The Balaban J connectivity index is 2.08. The van der Waals surface area contributed by atoms with Crippen LogP contribution in [-0.2, 0) is 9.47 Å². The first kappa shape index (κ1) is 7.03. The molecule has 0 aromatic carbocycles. The van der Waals surface area contributed by atoms with Gasteiger partial charge in [0.15, 0.2) is 6.29 Å². The van der Waals surface area contributed by atoms with E-state index in [0.717, 1.165) is 32.5 Å². The van der Waals surface area contributed by atoms with Crippen molar-refractivity contribution in [3.05, 3.63) is 0 Å². The Labute approximate surface area is 56.2 Å². The van der Waals surface area contributed by atoms with Crippen LogP contribution in [0.1, 0.15) is 26.2 Å². The zero-order valence-corrected chi connectivity index (χ0v) is 5.93. The first-order valence-corrected chi connectivity index (χ1v) is 3.66. The second-order valence-electron chi connectivity index (χ2n) is 2.31. The van der Waals surface area contributed by atoms with E-state index >= 15 is 0 Å². The van der Waals surface area contributed by atoms with Gasteiger partial charge in [0.05, 0.1) is 13.2 Å². The maximum atomic E-state index is 5.30. The maximum absolute atomic E-state index is 5.30. The minimum Gasteiger partial charge on any atom is -0.353 e. The van der Waals surface area contributed by atoms with Gasteiger partial charge in [0.2, 0.25) is 0 Å². The summed E-state index contributed by atoms with van der Waals surface area (Å²) < 4.78 is 10.6. The van der Waals surface area contributed by atoms with Crippen LogP contribution < -0.4 is 0 Å². The lowest BCUT2D eigenvalue weighted by molar-refractivity contribution is -0.181. The molecule has 0 atom stereocenters. The van der Waals surface area contributed by atoms with E-state index in [9.17, 15) is 0 Å². The Bertz CT molecular complexity index is 64.6. The van der Waals surface area contributed by atoms with Gasteiger partial charge in [-0.25, -0.2) is 0 Å². The molecular weight excluding hydrogens is 116 g/mol. The second kappa shape index (κ2) is 3.85. The molecule has 0 bridgehead atoms. The van der Waals surface area contributed by atoms with Crippen molar-refractivity contribution in [1.82, 2.24) is 0 Å². The zero-order chi connectivity index (χ0) is 6.53. The number of rotatable bonds is 2. The lowest BCUT2D eigenvalue weighted by atomic mass is 10.3. The lowest BCUT2D eigenvalue weighted by Gasteiger charge is -2.22. The Hall–Kier alpha value is -0.0800. The molecule has 9 heavy (non-hydrogen) atoms. The first-order chi connectivity index (χ1) is 4.43. The van der Waals surface area contributed by atoms with E-state index in [-0.39, 0.29) is 6.29 Å². The van der Waals surface area contributed by atoms with E-state index in [1.165, 1.54) is 0 Å². The third-order valence-electron chi connectivity index (χ3n) is 1.42. The van der Waals surface area contributed by atoms with Crippen LogP contribution in [0.4, 0.5) is 0 Å². The lowest BCUT2D eigenvalue weighted by Crippen LogP contribution is -2.24. The molecule has 0 unspecified atom stereocenters. The Kier molecular flexibility index (Phi) is 3.01. The summed E-state index contributed by atoms with van der Waals surface area (Å²) in [5.41, 5.74) is 0. The average Bonchev–Trinajstić information content (AvgIpc) is 1.91. The van der Waals surface area contributed by atoms with Crippen LogP contribution in [0, 0.1) is 0 Å². The Morgan fingerprint density at radius 3 is 2.56 bits per heavy atom. The summed E-state index contributed by atoms with van der Waals surface area (Å²) in [4.78, 5) is 0. The van der Waals surface area contributed by atoms with Crippen LogP contribution in [0.2, 0.25) is 0 Å². The molecule has 1 heterocycles. The predicted molar refractivity (Wildman–Crippen MR) is 35.2 cm³/mol. The van der Waals surface area contributed by atoms with E-state index in [4.69, 9.17) is 9.47 Å². The molecule has 0 spiro atoms. The summed E-state index contributed by atoms with van der Waals surface area (Å²) in [6, 6.07) is 0. The van der Waals surface area contributed by atoms with E-state index in [1.807, 2.05) is 0 Å². The normalized spacial score (nSPS) is 22.3. The molecular formula is C7H14O2. The molecule has 0 saturated carbocycles. The van der Waals surface area contributed by atoms with Crippen LogP contribution in [0.15, 0.2) is 0 Å². The highest BCUT2D eigenvalue weighted by Gasteiger charge is 2.11. The van der Waals surface area contributed by atoms with Crippen molar-refractivity contribution >= 4 is 0 Å². The molecule has 0 aromatic rings. The van der Waals surface area contributed by atoms with Crippen molar-refractivity contribution < 1.29 is 9.47 Å². The fourth-order valence-electron chi connectivity index (χ4n) is 0.939. The largest absolute Gasteiger partial charge is 0.353 e. The van der Waals surface area contributed by atoms with Crippen LogP contribution in [0.5, 0.6) is 0 Å². The Morgan fingerprint density at radius 2 is 2.00 bits per heavy atom. The van der Waals surface area contributed by atoms with Gasteiger partial charge in [0.25, 0.3) is 0 Å². The smallest absolute Gasteiger partial charge is 0.157 e. The van der Waals surface area contributed by atoms with E-state index < -0.39 is 0 Å². The van der Waals surface area contributed by atoms with Gasteiger partial charge in [-0.3, -0.25) is 0 Å². The summed E-state index contributed by atoms with van der Waals surface area (Å²) >= 11 is 0. The number of hydrogen-bond donors (Lipinski definition) is 0. The van der Waals surface area contributed by atoms with Gasteiger partial charge in [0.1, 0.15) is 0 Å². The molecule has 0 N–H and O–H groups in total. The minimum absolute atomic E-state index is 0.101. The van der Waals surface area contributed by atoms with E-state index in [0.29, 0.717) is 0 Å². The summed E-state index contributed by atoms with van der Waals surface area (Å²) in [5.74, 6) is 0. The van der Waals surface area contributed by atoms with Crippen molar-refractivity contribution in [1.29, 1.82) is 0 Å². The summed E-state index contributed by atoms with van der Waals surface area (Å²) in [5, 5.41) is 0. The SMILES string of the molecule is CCCC1OCCCO1. The van der Waals surface area contributed by atoms with Crippen LogP contribution >= 0.6 is 0 Å². The quantitative estimate of drug-likeness (QED) is 0.564. The number of ether oxygens (including phenoxy) is 2. The van der Waals surface area contributed by atoms with Gasteiger partial charge in [-0.15, -0.1) is 0 Å². The van der Waals surface area contributed by atoms with Gasteiger partial charge >= 0.3 is 0 Å². The minimum atomic E-state index is 0.101. The van der Waals surface area contributed by atoms with Gasteiger partial charge in [-0.1, -0.05) is 13.3 Å². The predicted octanol–water partition coefficient (Wildman–Crippen LogP) is 1.55. The topological polar surface area (TPSA) is 18.5 Å². The molecule has 2 heteroatoms. The molecule has 2 nitrogen and oxygen atoms in total. The van der Waals surface area contributed by atoms with Crippen LogP contribution in [0.25, 0.3) is 0 Å². The molecule has 0 aliphatic carbocycles. The van der Waals surface area contributed by atoms with E-state index in [1.54, 1.807) is 0 Å². The monoisotopic (exact) mass is 130 g/mol. The Morgan fingerprint density at radius 1 is 1.33 bits per heavy atom. The third-order valence-corrected chi connectivity index (χ3v) is 1.42. The van der Waals surface area contributed by atoms with Gasteiger partial charge in [-0.05, 0) is 12.8 Å². The summed E-state index contributed by atoms with van der Waals surface area (Å²) in [6.45, 7) is 3.90. The molecule has 1 fully saturated rings. The fourth-order valence-corrected chi connectivity index (χ4v) is 0.939. The highest BCUT2D eigenvalue weighted by molar-refractivity contribution is 4.49. The summed E-state index contributed by atoms with van der Waals surface area (Å²) in [6.07, 6.45) is 3.34. The first-order valence-electron chi connectivity index (χ1n) is 3.66. The fraction of sp³-hybridized carbons (Fsp3) is 1.00. The maximum Gasteiger partial charge on any atom is 0.157 e. The van der Waals surface area contributed by atoms with Gasteiger partial charge in [0, 0.05) is 0 Å². The van der Waals surface area contributed by atoms with Crippen LogP contribution in [0.3, 0.4) is 0 Å². The molecule has 1 saturated heterocycles. The molecule has 0 aromatic heterocycles.